The van der Waals surface area contributed by atoms with Crippen molar-refractivity contribution >= 4 is 22.5 Å². The largest absolute Gasteiger partial charge is 0.495 e. The number of benzene rings is 2. The first-order valence-electron chi connectivity index (χ1n) is 10.4. The summed E-state index contributed by atoms with van der Waals surface area (Å²) in [7, 11) is 1.60. The van der Waals surface area contributed by atoms with Gasteiger partial charge in [0, 0.05) is 29.6 Å². The number of methoxy groups -OCH3 is 1. The summed E-state index contributed by atoms with van der Waals surface area (Å²) in [6.45, 7) is 2.01. The van der Waals surface area contributed by atoms with E-state index in [0.29, 0.717) is 34.1 Å². The van der Waals surface area contributed by atoms with E-state index in [1.807, 2.05) is 73.7 Å². The fourth-order valence-corrected chi connectivity index (χ4v) is 3.41. The molecule has 0 aliphatic heterocycles. The van der Waals surface area contributed by atoms with E-state index in [9.17, 15) is 0 Å². The molecule has 1 N–H and O–H groups in total. The molecule has 5 aromatic rings. The molecule has 3 aromatic heterocycles. The Kier molecular flexibility index (Phi) is 5.51. The Morgan fingerprint density at radius 1 is 0.818 bits per heavy atom. The summed E-state index contributed by atoms with van der Waals surface area (Å²) >= 11 is 0. The van der Waals surface area contributed by atoms with E-state index in [4.69, 9.17) is 9.47 Å². The maximum absolute atomic E-state index is 6.06. The lowest BCUT2D eigenvalue weighted by atomic mass is 10.1. The molecule has 0 aliphatic carbocycles. The molecule has 0 fully saturated rings. The maximum Gasteiger partial charge on any atom is 0.156 e. The Bertz CT molecular complexity index is 1410. The lowest BCUT2D eigenvalue weighted by Gasteiger charge is -2.11. The summed E-state index contributed by atoms with van der Waals surface area (Å²) < 4.78 is 11.3. The van der Waals surface area contributed by atoms with Crippen LogP contribution < -0.4 is 14.8 Å². The first-order chi connectivity index (χ1) is 16.2. The van der Waals surface area contributed by atoms with E-state index in [1.165, 1.54) is 0 Å². The lowest BCUT2D eigenvalue weighted by molar-refractivity contribution is 0.413. The number of hydrogen-bond acceptors (Lipinski definition) is 7. The quantitative estimate of drug-likeness (QED) is 0.353. The molecule has 0 saturated carbocycles. The van der Waals surface area contributed by atoms with Crippen LogP contribution in [0.15, 0.2) is 85.2 Å². The van der Waals surface area contributed by atoms with Gasteiger partial charge in [0.05, 0.1) is 24.5 Å². The average molecular weight is 435 g/mol. The fourth-order valence-electron chi connectivity index (χ4n) is 3.41. The third-order valence-corrected chi connectivity index (χ3v) is 5.15. The molecule has 33 heavy (non-hydrogen) atoms. The molecular weight excluding hydrogens is 414 g/mol. The van der Waals surface area contributed by atoms with Crippen LogP contribution in [0.1, 0.15) is 5.56 Å². The van der Waals surface area contributed by atoms with Crippen molar-refractivity contribution in [1.29, 1.82) is 0 Å². The molecule has 0 unspecified atom stereocenters. The number of nitrogens with zero attached hydrogens (tertiary/aromatic N) is 4. The molecule has 0 saturated heterocycles. The molecule has 162 valence electrons. The standard InChI is InChI=1S/C26H21N5O2/c1-17-14-22(18-6-4-3-5-7-18)30-31-26(17)29-19-8-10-20(11-9-19)33-24-12-13-27-23-15-21(32-2)16-28-25(23)24/h3-16H,1-2H3,(H,29,31). The Morgan fingerprint density at radius 3 is 2.39 bits per heavy atom. The molecule has 7 heteroatoms. The highest BCUT2D eigenvalue weighted by atomic mass is 16.5. The van der Waals surface area contributed by atoms with E-state index in [-0.39, 0.29) is 0 Å². The van der Waals surface area contributed by atoms with Gasteiger partial charge in [0.15, 0.2) is 11.6 Å². The summed E-state index contributed by atoms with van der Waals surface area (Å²) in [5.74, 6) is 2.67. The Balaban J connectivity index is 1.32. The fraction of sp³-hybridized carbons (Fsp3) is 0.0769. The minimum absolute atomic E-state index is 0.626. The van der Waals surface area contributed by atoms with Crippen LogP contribution in [0.5, 0.6) is 17.2 Å². The van der Waals surface area contributed by atoms with Crippen LogP contribution in [0, 0.1) is 6.92 Å². The van der Waals surface area contributed by atoms with Gasteiger partial charge >= 0.3 is 0 Å². The zero-order valence-electron chi connectivity index (χ0n) is 18.2. The predicted octanol–water partition coefficient (Wildman–Crippen LogP) is 5.94. The van der Waals surface area contributed by atoms with Gasteiger partial charge in [0.25, 0.3) is 0 Å². The SMILES string of the molecule is COc1cnc2c(Oc3ccc(Nc4nnc(-c5ccccc5)cc4C)cc3)ccnc2c1. The van der Waals surface area contributed by atoms with Gasteiger partial charge in [-0.3, -0.25) is 4.98 Å². The van der Waals surface area contributed by atoms with Crippen LogP contribution in [0.3, 0.4) is 0 Å². The second-order valence-electron chi connectivity index (χ2n) is 7.43. The molecule has 2 aromatic carbocycles. The highest BCUT2D eigenvalue weighted by Crippen LogP contribution is 2.30. The number of ether oxygens (including phenoxy) is 2. The van der Waals surface area contributed by atoms with E-state index in [2.05, 4.69) is 25.5 Å². The summed E-state index contributed by atoms with van der Waals surface area (Å²) in [6, 6.07) is 23.3. The van der Waals surface area contributed by atoms with Crippen LogP contribution in [-0.4, -0.2) is 27.3 Å². The highest BCUT2D eigenvalue weighted by molar-refractivity contribution is 5.81. The van der Waals surface area contributed by atoms with Crippen molar-refractivity contribution in [3.63, 3.8) is 0 Å². The van der Waals surface area contributed by atoms with Crippen molar-refractivity contribution in [2.45, 2.75) is 6.92 Å². The minimum atomic E-state index is 0.626. The molecule has 0 amide bonds. The van der Waals surface area contributed by atoms with Gasteiger partial charge in [-0.25, -0.2) is 4.98 Å². The van der Waals surface area contributed by atoms with Crippen molar-refractivity contribution in [3.8, 4) is 28.5 Å². The first kappa shape index (κ1) is 20.4. The molecular formula is C26H21N5O2. The minimum Gasteiger partial charge on any atom is -0.495 e. The van der Waals surface area contributed by atoms with Gasteiger partial charge < -0.3 is 14.8 Å². The Labute approximate surface area is 191 Å². The predicted molar refractivity (Wildman–Crippen MR) is 128 cm³/mol. The zero-order valence-corrected chi connectivity index (χ0v) is 18.2. The topological polar surface area (TPSA) is 82.0 Å². The smallest absolute Gasteiger partial charge is 0.156 e. The van der Waals surface area contributed by atoms with Crippen LogP contribution in [0.25, 0.3) is 22.3 Å². The van der Waals surface area contributed by atoms with E-state index < -0.39 is 0 Å². The van der Waals surface area contributed by atoms with Gasteiger partial charge in [-0.15, -0.1) is 10.2 Å². The third kappa shape index (κ3) is 4.43. The summed E-state index contributed by atoms with van der Waals surface area (Å²) in [4.78, 5) is 8.76. The second-order valence-corrected chi connectivity index (χ2v) is 7.43. The van der Waals surface area contributed by atoms with Gasteiger partial charge in [-0.05, 0) is 42.8 Å². The van der Waals surface area contributed by atoms with Gasteiger partial charge in [-0.1, -0.05) is 30.3 Å². The number of rotatable bonds is 6. The third-order valence-electron chi connectivity index (χ3n) is 5.15. The molecule has 5 rings (SSSR count). The van der Waals surface area contributed by atoms with Crippen LogP contribution in [-0.2, 0) is 0 Å². The number of hydrogen-bond donors (Lipinski definition) is 1. The van der Waals surface area contributed by atoms with E-state index >= 15 is 0 Å². The van der Waals surface area contributed by atoms with Crippen molar-refractivity contribution in [1.82, 2.24) is 20.2 Å². The average Bonchev–Trinajstić information content (AvgIpc) is 2.86. The summed E-state index contributed by atoms with van der Waals surface area (Å²) in [5.41, 5.74) is 5.16. The van der Waals surface area contributed by atoms with Gasteiger partial charge in [-0.2, -0.15) is 0 Å². The molecule has 0 atom stereocenters. The van der Waals surface area contributed by atoms with E-state index in [1.54, 1.807) is 25.6 Å². The van der Waals surface area contributed by atoms with Crippen LogP contribution in [0.4, 0.5) is 11.5 Å². The Hall–Kier alpha value is -4.52. The number of pyridine rings is 2. The van der Waals surface area contributed by atoms with Crippen LogP contribution >= 0.6 is 0 Å². The van der Waals surface area contributed by atoms with Gasteiger partial charge in [0.1, 0.15) is 17.0 Å². The molecule has 0 spiro atoms. The van der Waals surface area contributed by atoms with Crippen LogP contribution in [0.2, 0.25) is 0 Å². The zero-order chi connectivity index (χ0) is 22.6. The number of aromatic nitrogens is 4. The lowest BCUT2D eigenvalue weighted by Crippen LogP contribution is -2.00. The number of aryl methyl sites for hydroxylation is 1. The normalized spacial score (nSPS) is 10.7. The summed E-state index contributed by atoms with van der Waals surface area (Å²) in [5, 5.41) is 12.1. The molecule has 7 nitrogen and oxygen atoms in total. The Morgan fingerprint density at radius 2 is 1.64 bits per heavy atom. The summed E-state index contributed by atoms with van der Waals surface area (Å²) in [6.07, 6.45) is 3.34. The van der Waals surface area contributed by atoms with Crippen molar-refractivity contribution < 1.29 is 9.47 Å². The van der Waals surface area contributed by atoms with Crippen molar-refractivity contribution in [2.75, 3.05) is 12.4 Å². The highest BCUT2D eigenvalue weighted by Gasteiger charge is 2.09. The number of fused-ring (bicyclic) bond motifs is 1. The maximum atomic E-state index is 6.06. The molecule has 0 aliphatic rings. The molecule has 3 heterocycles. The monoisotopic (exact) mass is 435 g/mol. The van der Waals surface area contributed by atoms with Crippen molar-refractivity contribution in [3.05, 3.63) is 90.8 Å². The van der Waals surface area contributed by atoms with Crippen molar-refractivity contribution in [2.24, 2.45) is 0 Å². The van der Waals surface area contributed by atoms with E-state index in [0.717, 1.165) is 22.5 Å². The number of nitrogens with one attached hydrogen (secondary N) is 1. The second kappa shape index (κ2) is 8.92. The first-order valence-corrected chi connectivity index (χ1v) is 10.4. The number of anilines is 2. The van der Waals surface area contributed by atoms with Gasteiger partial charge in [0.2, 0.25) is 0 Å². The molecule has 0 radical (unpaired) electrons. The molecule has 0 bridgehead atoms.